The molecule has 3 aromatic rings. The standard InChI is InChI=1S/C21H22N4O4/c1-3-28-14-8-6-13(7-9-14)11-17(26)22-20-19-15(16-5-4-10-29-16)12-18(27)23-21(19)25(2)24-20/h4-10,15H,3,11-12H2,1-2H3,(H,23,27)(H,22,24,26)/t15-/m1/s1. The zero-order valence-electron chi connectivity index (χ0n) is 16.3. The van der Waals surface area contributed by atoms with Gasteiger partial charge >= 0.3 is 0 Å². The molecule has 0 spiro atoms. The average molecular weight is 394 g/mol. The lowest BCUT2D eigenvalue weighted by Gasteiger charge is -2.22. The Morgan fingerprint density at radius 3 is 2.83 bits per heavy atom. The van der Waals surface area contributed by atoms with Gasteiger partial charge in [0.2, 0.25) is 11.8 Å². The first-order valence-corrected chi connectivity index (χ1v) is 9.47. The second kappa shape index (κ2) is 7.83. The summed E-state index contributed by atoms with van der Waals surface area (Å²) in [5.74, 6) is 1.82. The van der Waals surface area contributed by atoms with E-state index in [2.05, 4.69) is 15.7 Å². The van der Waals surface area contributed by atoms with Gasteiger partial charge in [0.25, 0.3) is 0 Å². The molecular formula is C21H22N4O4. The number of anilines is 2. The van der Waals surface area contributed by atoms with Crippen LogP contribution in [0.15, 0.2) is 47.1 Å². The normalized spacial score (nSPS) is 15.5. The van der Waals surface area contributed by atoms with Crippen molar-refractivity contribution >= 4 is 23.5 Å². The second-order valence-corrected chi connectivity index (χ2v) is 6.86. The van der Waals surface area contributed by atoms with E-state index in [1.54, 1.807) is 24.1 Å². The third-order valence-corrected chi connectivity index (χ3v) is 4.82. The van der Waals surface area contributed by atoms with Crippen LogP contribution in [0.3, 0.4) is 0 Å². The Balaban J connectivity index is 1.56. The smallest absolute Gasteiger partial charge is 0.230 e. The molecule has 0 saturated carbocycles. The van der Waals surface area contributed by atoms with E-state index in [1.807, 2.05) is 37.3 Å². The molecule has 0 unspecified atom stereocenters. The Bertz CT molecular complexity index is 1020. The van der Waals surface area contributed by atoms with Gasteiger partial charge in [0.15, 0.2) is 5.82 Å². The minimum atomic E-state index is -0.303. The number of carbonyl (C=O) groups is 2. The number of amides is 2. The van der Waals surface area contributed by atoms with Crippen LogP contribution < -0.4 is 15.4 Å². The molecule has 8 heteroatoms. The molecule has 0 radical (unpaired) electrons. The van der Waals surface area contributed by atoms with E-state index in [9.17, 15) is 9.59 Å². The molecule has 29 heavy (non-hydrogen) atoms. The molecule has 1 aromatic carbocycles. The predicted molar refractivity (Wildman–Crippen MR) is 107 cm³/mol. The lowest BCUT2D eigenvalue weighted by molar-refractivity contribution is -0.117. The summed E-state index contributed by atoms with van der Waals surface area (Å²) in [6, 6.07) is 11.0. The maximum Gasteiger partial charge on any atom is 0.230 e. The number of ether oxygens (including phenoxy) is 1. The number of aryl methyl sites for hydroxylation is 1. The molecule has 1 atom stereocenters. The summed E-state index contributed by atoms with van der Waals surface area (Å²) in [7, 11) is 1.73. The van der Waals surface area contributed by atoms with Gasteiger partial charge in [-0.3, -0.25) is 14.3 Å². The molecule has 4 rings (SSSR count). The van der Waals surface area contributed by atoms with Crippen molar-refractivity contribution in [3.63, 3.8) is 0 Å². The van der Waals surface area contributed by atoms with E-state index in [1.165, 1.54) is 0 Å². The van der Waals surface area contributed by atoms with Gasteiger partial charge in [-0.05, 0) is 36.8 Å². The van der Waals surface area contributed by atoms with Crippen LogP contribution >= 0.6 is 0 Å². The van der Waals surface area contributed by atoms with E-state index >= 15 is 0 Å². The quantitative estimate of drug-likeness (QED) is 0.670. The molecule has 0 aliphatic carbocycles. The van der Waals surface area contributed by atoms with Gasteiger partial charge < -0.3 is 19.8 Å². The van der Waals surface area contributed by atoms with Crippen molar-refractivity contribution < 1.29 is 18.7 Å². The number of hydrogen-bond acceptors (Lipinski definition) is 5. The van der Waals surface area contributed by atoms with Crippen molar-refractivity contribution in [1.29, 1.82) is 0 Å². The van der Waals surface area contributed by atoms with E-state index in [0.29, 0.717) is 24.0 Å². The summed E-state index contributed by atoms with van der Waals surface area (Å²) in [6.45, 7) is 2.52. The monoisotopic (exact) mass is 394 g/mol. The number of fused-ring (bicyclic) bond motifs is 1. The number of nitrogens with zero attached hydrogens (tertiary/aromatic N) is 2. The van der Waals surface area contributed by atoms with Crippen molar-refractivity contribution in [1.82, 2.24) is 9.78 Å². The molecule has 0 bridgehead atoms. The highest BCUT2D eigenvalue weighted by atomic mass is 16.5. The topological polar surface area (TPSA) is 98.4 Å². The van der Waals surface area contributed by atoms with E-state index in [0.717, 1.165) is 16.9 Å². The summed E-state index contributed by atoms with van der Waals surface area (Å²) in [4.78, 5) is 24.8. The zero-order chi connectivity index (χ0) is 20.4. The van der Waals surface area contributed by atoms with Crippen molar-refractivity contribution in [2.24, 2.45) is 7.05 Å². The van der Waals surface area contributed by atoms with Gasteiger partial charge in [-0.2, -0.15) is 5.10 Å². The van der Waals surface area contributed by atoms with Crippen LogP contribution in [-0.4, -0.2) is 28.2 Å². The van der Waals surface area contributed by atoms with Crippen LogP contribution in [0.2, 0.25) is 0 Å². The fourth-order valence-electron chi connectivity index (χ4n) is 3.55. The van der Waals surface area contributed by atoms with Crippen molar-refractivity contribution in [2.45, 2.75) is 25.7 Å². The molecular weight excluding hydrogens is 372 g/mol. The Kier molecular flexibility index (Phi) is 5.07. The Morgan fingerprint density at radius 2 is 2.14 bits per heavy atom. The highest BCUT2D eigenvalue weighted by molar-refractivity contribution is 5.98. The van der Waals surface area contributed by atoms with Crippen LogP contribution in [0.25, 0.3) is 0 Å². The van der Waals surface area contributed by atoms with Gasteiger partial charge in [0, 0.05) is 13.5 Å². The first-order valence-electron chi connectivity index (χ1n) is 9.47. The Labute approximate surface area is 167 Å². The molecule has 2 N–H and O–H groups in total. The van der Waals surface area contributed by atoms with Crippen LogP contribution in [0.5, 0.6) is 5.75 Å². The lowest BCUT2D eigenvalue weighted by atomic mass is 9.91. The van der Waals surface area contributed by atoms with Crippen molar-refractivity contribution in [3.05, 3.63) is 59.5 Å². The lowest BCUT2D eigenvalue weighted by Crippen LogP contribution is -2.25. The van der Waals surface area contributed by atoms with E-state index < -0.39 is 0 Å². The van der Waals surface area contributed by atoms with Crippen LogP contribution in [0.4, 0.5) is 11.6 Å². The summed E-state index contributed by atoms with van der Waals surface area (Å²) < 4.78 is 12.5. The highest BCUT2D eigenvalue weighted by Gasteiger charge is 2.34. The van der Waals surface area contributed by atoms with E-state index in [4.69, 9.17) is 9.15 Å². The first-order chi connectivity index (χ1) is 14.0. The zero-order valence-corrected chi connectivity index (χ0v) is 16.3. The molecule has 150 valence electrons. The SMILES string of the molecule is CCOc1ccc(CC(=O)Nc2nn(C)c3c2[C@@H](c2ccco2)CC(=O)N3)cc1. The van der Waals surface area contributed by atoms with Crippen LogP contribution in [0, 0.1) is 0 Å². The van der Waals surface area contributed by atoms with Crippen molar-refractivity contribution in [3.8, 4) is 5.75 Å². The third kappa shape index (κ3) is 3.87. The minimum Gasteiger partial charge on any atom is -0.494 e. The summed E-state index contributed by atoms with van der Waals surface area (Å²) >= 11 is 0. The third-order valence-electron chi connectivity index (χ3n) is 4.82. The van der Waals surface area contributed by atoms with Gasteiger partial charge in [0.05, 0.1) is 30.8 Å². The Morgan fingerprint density at radius 1 is 1.34 bits per heavy atom. The number of aromatic nitrogens is 2. The minimum absolute atomic E-state index is 0.117. The maximum absolute atomic E-state index is 12.6. The molecule has 0 fully saturated rings. The average Bonchev–Trinajstić information content (AvgIpc) is 3.32. The summed E-state index contributed by atoms with van der Waals surface area (Å²) in [5.41, 5.74) is 1.62. The molecule has 3 heterocycles. The van der Waals surface area contributed by atoms with Gasteiger partial charge in [0.1, 0.15) is 17.3 Å². The second-order valence-electron chi connectivity index (χ2n) is 6.86. The number of hydrogen-bond donors (Lipinski definition) is 2. The highest BCUT2D eigenvalue weighted by Crippen LogP contribution is 2.41. The molecule has 1 aliphatic rings. The number of nitrogens with one attached hydrogen (secondary N) is 2. The van der Waals surface area contributed by atoms with Gasteiger partial charge in [-0.25, -0.2) is 0 Å². The molecule has 1 aliphatic heterocycles. The fourth-order valence-corrected chi connectivity index (χ4v) is 3.55. The molecule has 8 nitrogen and oxygen atoms in total. The van der Waals surface area contributed by atoms with E-state index in [-0.39, 0.29) is 30.6 Å². The number of furan rings is 1. The largest absolute Gasteiger partial charge is 0.494 e. The van der Waals surface area contributed by atoms with Crippen LogP contribution in [0.1, 0.15) is 36.1 Å². The molecule has 2 amide bonds. The molecule has 0 saturated heterocycles. The number of benzene rings is 1. The summed E-state index contributed by atoms with van der Waals surface area (Å²) in [6.07, 6.45) is 2.01. The van der Waals surface area contributed by atoms with Crippen LogP contribution in [-0.2, 0) is 23.1 Å². The fraction of sp³-hybridized carbons (Fsp3) is 0.286. The summed E-state index contributed by atoms with van der Waals surface area (Å²) in [5, 5.41) is 10.1. The van der Waals surface area contributed by atoms with Gasteiger partial charge in [-0.15, -0.1) is 0 Å². The van der Waals surface area contributed by atoms with Crippen molar-refractivity contribution in [2.75, 3.05) is 17.2 Å². The Hall–Kier alpha value is -3.55. The van der Waals surface area contributed by atoms with Gasteiger partial charge in [-0.1, -0.05) is 12.1 Å². The maximum atomic E-state index is 12.6. The first kappa shape index (κ1) is 18.8. The number of rotatable bonds is 6. The molecule has 2 aromatic heterocycles. The number of carbonyl (C=O) groups excluding carboxylic acids is 2. The predicted octanol–water partition coefficient (Wildman–Crippen LogP) is 3.07.